The van der Waals surface area contributed by atoms with Crippen LogP contribution in [0.4, 0.5) is 0 Å². The molecule has 1 rings (SSSR count). The Hall–Kier alpha value is -0.640. The molecule has 0 aliphatic carbocycles. The van der Waals surface area contributed by atoms with Gasteiger partial charge in [-0.1, -0.05) is 41.9 Å². The van der Waals surface area contributed by atoms with Gasteiger partial charge in [-0.15, -0.1) is 0 Å². The Morgan fingerprint density at radius 2 is 1.57 bits per heavy atom. The Morgan fingerprint density at radius 1 is 1.14 bits per heavy atom. The lowest BCUT2D eigenvalue weighted by Gasteiger charge is -1.86. The van der Waals surface area contributed by atoms with Crippen LogP contribution in [0.2, 0.25) is 0 Å². The zero-order valence-electron chi connectivity index (χ0n) is 7.12. The molecule has 0 aliphatic rings. The first kappa shape index (κ1) is 13.4. The number of phosphoric acid groups is 1. The highest BCUT2D eigenvalue weighted by molar-refractivity contribution is 7.45. The van der Waals surface area contributed by atoms with Crippen molar-refractivity contribution < 1.29 is 19.2 Å². The molecule has 0 heterocycles. The van der Waals surface area contributed by atoms with E-state index in [0.29, 0.717) is 0 Å². The number of hydrogen-bond donors (Lipinski definition) is 3. The van der Waals surface area contributed by atoms with E-state index < -0.39 is 7.82 Å². The summed E-state index contributed by atoms with van der Waals surface area (Å²) in [5.74, 6) is 0. The first-order valence-corrected chi connectivity index (χ1v) is 5.54. The summed E-state index contributed by atoms with van der Waals surface area (Å²) in [7, 11) is -4.64. The summed E-state index contributed by atoms with van der Waals surface area (Å²) in [5, 5.41) is 0. The molecule has 4 nitrogen and oxygen atoms in total. The van der Waals surface area contributed by atoms with Gasteiger partial charge in [-0.2, -0.15) is 0 Å². The molecular formula is C8H10ClO4P. The fraction of sp³-hybridized carbons (Fsp3) is 0. The van der Waals surface area contributed by atoms with Gasteiger partial charge in [-0.25, -0.2) is 4.57 Å². The van der Waals surface area contributed by atoms with Gasteiger partial charge >= 0.3 is 7.82 Å². The Morgan fingerprint density at radius 3 is 1.93 bits per heavy atom. The van der Waals surface area contributed by atoms with Crippen LogP contribution in [0.15, 0.2) is 35.9 Å². The van der Waals surface area contributed by atoms with Crippen LogP contribution in [0.25, 0.3) is 6.08 Å². The van der Waals surface area contributed by atoms with E-state index >= 15 is 0 Å². The third-order valence-electron chi connectivity index (χ3n) is 1.06. The van der Waals surface area contributed by atoms with Crippen LogP contribution in [-0.2, 0) is 4.57 Å². The van der Waals surface area contributed by atoms with Crippen molar-refractivity contribution in [1.29, 1.82) is 0 Å². The van der Waals surface area contributed by atoms with Gasteiger partial charge in [-0.3, -0.25) is 0 Å². The molecule has 0 saturated carbocycles. The molecule has 0 saturated heterocycles. The first-order valence-electron chi connectivity index (χ1n) is 3.53. The van der Waals surface area contributed by atoms with Crippen LogP contribution in [0.1, 0.15) is 5.56 Å². The fourth-order valence-corrected chi connectivity index (χ4v) is 0.782. The average Bonchev–Trinajstić information content (AvgIpc) is 2.03. The molecule has 0 radical (unpaired) electrons. The van der Waals surface area contributed by atoms with Crippen molar-refractivity contribution in [2.24, 2.45) is 0 Å². The average molecular weight is 237 g/mol. The van der Waals surface area contributed by atoms with E-state index in [1.165, 1.54) is 5.54 Å². The third kappa shape index (κ3) is 11.4. The van der Waals surface area contributed by atoms with E-state index in [9.17, 15) is 0 Å². The van der Waals surface area contributed by atoms with Crippen molar-refractivity contribution in [3.05, 3.63) is 41.4 Å². The van der Waals surface area contributed by atoms with Crippen molar-refractivity contribution in [2.75, 3.05) is 0 Å². The van der Waals surface area contributed by atoms with E-state index in [0.717, 1.165) is 5.56 Å². The van der Waals surface area contributed by atoms with Gasteiger partial charge < -0.3 is 14.7 Å². The zero-order valence-corrected chi connectivity index (χ0v) is 8.77. The topological polar surface area (TPSA) is 77.8 Å². The monoisotopic (exact) mass is 236 g/mol. The SMILES string of the molecule is ClC=Cc1ccccc1.O=P(O)(O)O. The number of benzene rings is 1. The molecule has 0 spiro atoms. The molecule has 1 aromatic carbocycles. The minimum absolute atomic E-state index is 1.13. The van der Waals surface area contributed by atoms with Gasteiger partial charge in [0.1, 0.15) is 0 Å². The van der Waals surface area contributed by atoms with Crippen LogP contribution in [-0.4, -0.2) is 14.7 Å². The molecule has 0 amide bonds. The van der Waals surface area contributed by atoms with Crippen LogP contribution >= 0.6 is 19.4 Å². The van der Waals surface area contributed by atoms with Crippen molar-refractivity contribution >= 4 is 25.5 Å². The number of rotatable bonds is 1. The predicted molar refractivity (Wildman–Crippen MR) is 55.6 cm³/mol. The van der Waals surface area contributed by atoms with Crippen molar-refractivity contribution in [3.8, 4) is 0 Å². The molecule has 0 unspecified atom stereocenters. The standard InChI is InChI=1S/C8H7Cl.H3O4P/c9-7-6-8-4-2-1-3-5-8;1-5(2,3)4/h1-7H;(H3,1,2,3,4). The Balaban J connectivity index is 0.000000292. The van der Waals surface area contributed by atoms with Crippen molar-refractivity contribution in [2.45, 2.75) is 0 Å². The van der Waals surface area contributed by atoms with E-state index in [1.807, 2.05) is 36.4 Å². The van der Waals surface area contributed by atoms with Crippen LogP contribution in [0.3, 0.4) is 0 Å². The maximum absolute atomic E-state index is 8.88. The number of hydrogen-bond acceptors (Lipinski definition) is 1. The van der Waals surface area contributed by atoms with Crippen LogP contribution in [0, 0.1) is 0 Å². The van der Waals surface area contributed by atoms with Gasteiger partial charge in [0.25, 0.3) is 0 Å². The molecule has 6 heteroatoms. The van der Waals surface area contributed by atoms with Crippen LogP contribution < -0.4 is 0 Å². The molecule has 0 fully saturated rings. The Labute approximate surface area is 86.7 Å². The van der Waals surface area contributed by atoms with Gasteiger partial charge in [0.2, 0.25) is 0 Å². The highest BCUT2D eigenvalue weighted by Crippen LogP contribution is 2.25. The van der Waals surface area contributed by atoms with E-state index in [4.69, 9.17) is 30.8 Å². The van der Waals surface area contributed by atoms with Gasteiger partial charge in [-0.05, 0) is 11.6 Å². The molecule has 3 N–H and O–H groups in total. The lowest BCUT2D eigenvalue weighted by atomic mass is 10.2. The largest absolute Gasteiger partial charge is 0.466 e. The summed E-state index contributed by atoms with van der Waals surface area (Å²) >= 11 is 5.36. The lowest BCUT2D eigenvalue weighted by molar-refractivity contribution is 0.275. The van der Waals surface area contributed by atoms with Gasteiger partial charge in [0.05, 0.1) is 0 Å². The Bertz CT molecular complexity index is 311. The van der Waals surface area contributed by atoms with E-state index in [1.54, 1.807) is 0 Å². The predicted octanol–water partition coefficient (Wildman–Crippen LogP) is 1.97. The van der Waals surface area contributed by atoms with Gasteiger partial charge in [0, 0.05) is 5.54 Å². The first-order chi connectivity index (χ1) is 6.43. The minimum atomic E-state index is -4.64. The summed E-state index contributed by atoms with van der Waals surface area (Å²) in [6, 6.07) is 9.93. The fourth-order valence-electron chi connectivity index (χ4n) is 0.637. The summed E-state index contributed by atoms with van der Waals surface area (Å²) in [6.07, 6.45) is 1.85. The molecule has 78 valence electrons. The summed E-state index contributed by atoms with van der Waals surface area (Å²) in [4.78, 5) is 21.6. The maximum atomic E-state index is 8.88. The molecule has 1 aromatic rings. The van der Waals surface area contributed by atoms with Gasteiger partial charge in [0.15, 0.2) is 0 Å². The second-order valence-electron chi connectivity index (χ2n) is 2.22. The molecule has 0 atom stereocenters. The smallest absolute Gasteiger partial charge is 0.303 e. The summed E-state index contributed by atoms with van der Waals surface area (Å²) < 4.78 is 8.88. The molecule has 14 heavy (non-hydrogen) atoms. The molecule has 0 aliphatic heterocycles. The second kappa shape index (κ2) is 6.76. The van der Waals surface area contributed by atoms with E-state index in [-0.39, 0.29) is 0 Å². The summed E-state index contributed by atoms with van der Waals surface area (Å²) in [5.41, 5.74) is 2.64. The van der Waals surface area contributed by atoms with Crippen LogP contribution in [0.5, 0.6) is 0 Å². The highest BCUT2D eigenvalue weighted by Gasteiger charge is 2.00. The molecule has 0 aromatic heterocycles. The second-order valence-corrected chi connectivity index (χ2v) is 3.50. The Kier molecular flexibility index (Phi) is 6.45. The molecule has 0 bridgehead atoms. The van der Waals surface area contributed by atoms with Crippen molar-refractivity contribution in [3.63, 3.8) is 0 Å². The van der Waals surface area contributed by atoms with Crippen molar-refractivity contribution in [1.82, 2.24) is 0 Å². The minimum Gasteiger partial charge on any atom is -0.303 e. The zero-order chi connectivity index (χ0) is 11.0. The highest BCUT2D eigenvalue weighted by atomic mass is 35.5. The van der Waals surface area contributed by atoms with E-state index in [2.05, 4.69) is 0 Å². The maximum Gasteiger partial charge on any atom is 0.466 e. The summed E-state index contributed by atoms with van der Waals surface area (Å²) in [6.45, 7) is 0. The lowest BCUT2D eigenvalue weighted by Crippen LogP contribution is -1.66. The third-order valence-corrected chi connectivity index (χ3v) is 1.18. The normalized spacial score (nSPS) is 10.9. The number of halogens is 1. The molecular weight excluding hydrogens is 227 g/mol. The quantitative estimate of drug-likeness (QED) is 0.652.